The van der Waals surface area contributed by atoms with Crippen molar-refractivity contribution in [3.8, 4) is 0 Å². The third kappa shape index (κ3) is 2.08. The second-order valence-corrected chi connectivity index (χ2v) is 5.96. The fraction of sp³-hybridized carbons (Fsp3) is 0.786. The van der Waals surface area contributed by atoms with Gasteiger partial charge in [0.05, 0.1) is 6.04 Å². The molecular formula is C14H24N4. The van der Waals surface area contributed by atoms with Gasteiger partial charge in [0.2, 0.25) is 0 Å². The van der Waals surface area contributed by atoms with Crippen LogP contribution in [0.3, 0.4) is 0 Å². The first-order valence-electron chi connectivity index (χ1n) is 7.29. The first kappa shape index (κ1) is 12.2. The number of nitrogens with zero attached hydrogens (tertiary/aromatic N) is 2. The van der Waals surface area contributed by atoms with Crippen LogP contribution in [0.2, 0.25) is 0 Å². The molecule has 0 amide bonds. The lowest BCUT2D eigenvalue weighted by atomic mass is 9.84. The summed E-state index contributed by atoms with van der Waals surface area (Å²) in [4.78, 5) is 4.48. The maximum absolute atomic E-state index is 5.76. The average Bonchev–Trinajstić information content (AvgIpc) is 3.10. The van der Waals surface area contributed by atoms with Crippen molar-refractivity contribution in [1.82, 2.24) is 15.0 Å². The molecule has 4 nitrogen and oxygen atoms in total. The van der Waals surface area contributed by atoms with E-state index in [1.165, 1.54) is 25.7 Å². The quantitative estimate of drug-likeness (QED) is 0.620. The number of nitrogens with two attached hydrogens (primary N) is 1. The molecule has 0 radical (unpaired) electrons. The van der Waals surface area contributed by atoms with Gasteiger partial charge in [-0.25, -0.2) is 10.4 Å². The number of aromatic nitrogens is 2. The minimum atomic E-state index is 0.212. The Kier molecular flexibility index (Phi) is 3.39. The van der Waals surface area contributed by atoms with Crippen LogP contribution in [-0.2, 0) is 6.54 Å². The van der Waals surface area contributed by atoms with Gasteiger partial charge in [-0.1, -0.05) is 6.42 Å². The summed E-state index contributed by atoms with van der Waals surface area (Å²) in [5.41, 5.74) is 2.98. The van der Waals surface area contributed by atoms with E-state index in [-0.39, 0.29) is 6.04 Å². The molecule has 0 saturated heterocycles. The fourth-order valence-corrected chi connectivity index (χ4v) is 4.11. The molecule has 1 heterocycles. The fourth-order valence-electron chi connectivity index (χ4n) is 4.11. The molecule has 2 bridgehead atoms. The lowest BCUT2D eigenvalue weighted by Crippen LogP contribution is -2.32. The van der Waals surface area contributed by atoms with Crippen LogP contribution in [0, 0.1) is 17.8 Å². The van der Waals surface area contributed by atoms with Crippen LogP contribution in [0.25, 0.3) is 0 Å². The van der Waals surface area contributed by atoms with Crippen LogP contribution in [0.1, 0.15) is 50.9 Å². The number of aryl methyl sites for hydroxylation is 1. The Labute approximate surface area is 109 Å². The Morgan fingerprint density at radius 3 is 3.00 bits per heavy atom. The highest BCUT2D eigenvalue weighted by Gasteiger charge is 2.40. The molecule has 3 rings (SSSR count). The zero-order chi connectivity index (χ0) is 12.5. The van der Waals surface area contributed by atoms with Crippen molar-refractivity contribution >= 4 is 0 Å². The molecule has 2 aliphatic carbocycles. The highest BCUT2D eigenvalue weighted by atomic mass is 15.3. The van der Waals surface area contributed by atoms with Gasteiger partial charge in [-0.2, -0.15) is 0 Å². The second-order valence-electron chi connectivity index (χ2n) is 5.96. The highest BCUT2D eigenvalue weighted by molar-refractivity contribution is 5.01. The Balaban J connectivity index is 1.69. The van der Waals surface area contributed by atoms with Crippen LogP contribution < -0.4 is 11.3 Å². The topological polar surface area (TPSA) is 55.9 Å². The molecule has 0 aromatic carbocycles. The molecule has 3 N–H and O–H groups in total. The molecule has 4 unspecified atom stereocenters. The van der Waals surface area contributed by atoms with E-state index in [0.29, 0.717) is 0 Å². The van der Waals surface area contributed by atoms with Crippen LogP contribution in [0.15, 0.2) is 12.4 Å². The van der Waals surface area contributed by atoms with E-state index < -0.39 is 0 Å². The van der Waals surface area contributed by atoms with E-state index in [1.54, 1.807) is 0 Å². The summed E-state index contributed by atoms with van der Waals surface area (Å²) in [5.74, 6) is 9.67. The standard InChI is InChI=1S/C14H24N4/c1-2-18-6-5-16-14(18)13(17-15)9-12-8-10-3-4-11(12)7-10/h5-6,10-13,17H,2-4,7-9,15H2,1H3. The van der Waals surface area contributed by atoms with Gasteiger partial charge in [0.15, 0.2) is 0 Å². The molecule has 2 aliphatic rings. The van der Waals surface area contributed by atoms with Crippen molar-refractivity contribution in [2.45, 2.75) is 51.6 Å². The van der Waals surface area contributed by atoms with Gasteiger partial charge in [0.1, 0.15) is 5.82 Å². The van der Waals surface area contributed by atoms with Crippen LogP contribution in [-0.4, -0.2) is 9.55 Å². The molecule has 18 heavy (non-hydrogen) atoms. The van der Waals surface area contributed by atoms with Crippen molar-refractivity contribution in [2.75, 3.05) is 0 Å². The molecule has 4 atom stereocenters. The van der Waals surface area contributed by atoms with Crippen molar-refractivity contribution < 1.29 is 0 Å². The Bertz CT molecular complexity index is 400. The van der Waals surface area contributed by atoms with Crippen molar-refractivity contribution in [3.63, 3.8) is 0 Å². The number of hydrogen-bond donors (Lipinski definition) is 2. The zero-order valence-corrected chi connectivity index (χ0v) is 11.2. The number of nitrogens with one attached hydrogen (secondary N) is 1. The normalized spacial score (nSPS) is 32.0. The molecule has 2 fully saturated rings. The van der Waals surface area contributed by atoms with Gasteiger partial charge < -0.3 is 4.57 Å². The van der Waals surface area contributed by atoms with Gasteiger partial charge in [-0.15, -0.1) is 0 Å². The van der Waals surface area contributed by atoms with Crippen molar-refractivity contribution in [3.05, 3.63) is 18.2 Å². The maximum atomic E-state index is 5.76. The summed E-state index contributed by atoms with van der Waals surface area (Å²) in [5, 5.41) is 0. The van der Waals surface area contributed by atoms with Gasteiger partial charge in [0.25, 0.3) is 0 Å². The summed E-state index contributed by atoms with van der Waals surface area (Å²) in [6.07, 6.45) is 10.8. The summed E-state index contributed by atoms with van der Waals surface area (Å²) in [6, 6.07) is 0.212. The lowest BCUT2D eigenvalue weighted by Gasteiger charge is -2.26. The summed E-state index contributed by atoms with van der Waals surface area (Å²) < 4.78 is 2.19. The Hall–Kier alpha value is -0.870. The van der Waals surface area contributed by atoms with Gasteiger partial charge >= 0.3 is 0 Å². The minimum Gasteiger partial charge on any atom is -0.334 e. The largest absolute Gasteiger partial charge is 0.334 e. The predicted octanol–water partition coefficient (Wildman–Crippen LogP) is 2.23. The Morgan fingerprint density at radius 2 is 2.39 bits per heavy atom. The van der Waals surface area contributed by atoms with Gasteiger partial charge in [-0.05, 0) is 50.4 Å². The second kappa shape index (κ2) is 5.02. The average molecular weight is 248 g/mol. The van der Waals surface area contributed by atoms with E-state index in [0.717, 1.165) is 36.5 Å². The molecule has 1 aromatic heterocycles. The predicted molar refractivity (Wildman–Crippen MR) is 71.5 cm³/mol. The summed E-state index contributed by atoms with van der Waals surface area (Å²) in [6.45, 7) is 3.11. The van der Waals surface area contributed by atoms with Gasteiger partial charge in [-0.3, -0.25) is 5.84 Å². The molecule has 1 aromatic rings. The monoisotopic (exact) mass is 248 g/mol. The van der Waals surface area contributed by atoms with Gasteiger partial charge in [0, 0.05) is 18.9 Å². The molecular weight excluding hydrogens is 224 g/mol. The van der Waals surface area contributed by atoms with Crippen molar-refractivity contribution in [2.24, 2.45) is 23.6 Å². The van der Waals surface area contributed by atoms with Crippen LogP contribution >= 0.6 is 0 Å². The van der Waals surface area contributed by atoms with E-state index in [1.807, 2.05) is 12.4 Å². The molecule has 2 saturated carbocycles. The third-order valence-corrected chi connectivity index (χ3v) is 5.02. The number of imidazole rings is 1. The van der Waals surface area contributed by atoms with Crippen molar-refractivity contribution in [1.29, 1.82) is 0 Å². The smallest absolute Gasteiger partial charge is 0.127 e. The first-order chi connectivity index (χ1) is 8.81. The molecule has 4 heteroatoms. The molecule has 0 aliphatic heterocycles. The van der Waals surface area contributed by atoms with E-state index in [2.05, 4.69) is 21.9 Å². The van der Waals surface area contributed by atoms with E-state index in [9.17, 15) is 0 Å². The SMILES string of the molecule is CCn1ccnc1C(CC1CC2CCC1C2)NN. The highest BCUT2D eigenvalue weighted by Crippen LogP contribution is 2.50. The van der Waals surface area contributed by atoms with E-state index >= 15 is 0 Å². The molecule has 0 spiro atoms. The first-order valence-corrected chi connectivity index (χ1v) is 7.29. The summed E-state index contributed by atoms with van der Waals surface area (Å²) >= 11 is 0. The zero-order valence-electron chi connectivity index (χ0n) is 11.2. The minimum absolute atomic E-state index is 0.212. The lowest BCUT2D eigenvalue weighted by molar-refractivity contribution is 0.273. The number of fused-ring (bicyclic) bond motifs is 2. The van der Waals surface area contributed by atoms with Crippen LogP contribution in [0.5, 0.6) is 0 Å². The third-order valence-electron chi connectivity index (χ3n) is 5.02. The maximum Gasteiger partial charge on any atom is 0.127 e. The molecule has 100 valence electrons. The van der Waals surface area contributed by atoms with E-state index in [4.69, 9.17) is 5.84 Å². The summed E-state index contributed by atoms with van der Waals surface area (Å²) in [7, 11) is 0. The number of hydrogen-bond acceptors (Lipinski definition) is 3. The van der Waals surface area contributed by atoms with Crippen LogP contribution in [0.4, 0.5) is 0 Å². The Morgan fingerprint density at radius 1 is 1.50 bits per heavy atom. The number of rotatable bonds is 5. The number of hydrazine groups is 1.